The fourth-order valence-electron chi connectivity index (χ4n) is 2.55. The lowest BCUT2D eigenvalue weighted by molar-refractivity contribution is -0.124. The number of hydrogen-bond donors (Lipinski definition) is 1. The van der Waals surface area contributed by atoms with Gasteiger partial charge in [0.1, 0.15) is 11.8 Å². The van der Waals surface area contributed by atoms with Gasteiger partial charge in [0.15, 0.2) is 0 Å². The van der Waals surface area contributed by atoms with Gasteiger partial charge in [0.2, 0.25) is 15.9 Å². The van der Waals surface area contributed by atoms with Gasteiger partial charge in [-0.2, -0.15) is 4.31 Å². The third-order valence-electron chi connectivity index (χ3n) is 3.58. The minimum atomic E-state index is -3.34. The quantitative estimate of drug-likeness (QED) is 0.870. The summed E-state index contributed by atoms with van der Waals surface area (Å²) in [6.07, 6.45) is 2.41. The SMILES string of the molecule is COc1ccccc1CNC(=O)[C@H]1CCCN1S(C)(=O)=O. The smallest absolute Gasteiger partial charge is 0.238 e. The van der Waals surface area contributed by atoms with Gasteiger partial charge < -0.3 is 10.1 Å². The topological polar surface area (TPSA) is 75.7 Å². The predicted molar refractivity (Wildman–Crippen MR) is 79.4 cm³/mol. The van der Waals surface area contributed by atoms with Gasteiger partial charge in [0.25, 0.3) is 0 Å². The van der Waals surface area contributed by atoms with Crippen LogP contribution in [0.4, 0.5) is 0 Å². The lowest BCUT2D eigenvalue weighted by Gasteiger charge is -2.21. The van der Waals surface area contributed by atoms with Crippen molar-refractivity contribution in [2.24, 2.45) is 0 Å². The summed E-state index contributed by atoms with van der Waals surface area (Å²) in [5.41, 5.74) is 0.859. The van der Waals surface area contributed by atoms with Gasteiger partial charge in [-0.05, 0) is 18.9 Å². The van der Waals surface area contributed by atoms with Gasteiger partial charge >= 0.3 is 0 Å². The van der Waals surface area contributed by atoms with Crippen LogP contribution in [0.3, 0.4) is 0 Å². The Hall–Kier alpha value is -1.60. The molecule has 1 N–H and O–H groups in total. The van der Waals surface area contributed by atoms with Crippen molar-refractivity contribution >= 4 is 15.9 Å². The summed E-state index contributed by atoms with van der Waals surface area (Å²) in [6.45, 7) is 0.725. The summed E-state index contributed by atoms with van der Waals surface area (Å²) in [7, 11) is -1.77. The number of sulfonamides is 1. The van der Waals surface area contributed by atoms with Gasteiger partial charge in [-0.3, -0.25) is 4.79 Å². The Balaban J connectivity index is 2.02. The Kier molecular flexibility index (Phi) is 4.84. The van der Waals surface area contributed by atoms with E-state index in [0.717, 1.165) is 11.8 Å². The van der Waals surface area contributed by atoms with Crippen LogP contribution >= 0.6 is 0 Å². The molecule has 1 aliphatic heterocycles. The van der Waals surface area contributed by atoms with Crippen LogP contribution in [0.1, 0.15) is 18.4 Å². The summed E-state index contributed by atoms with van der Waals surface area (Å²) in [6, 6.07) is 6.80. The molecular formula is C14H20N2O4S. The Morgan fingerprint density at radius 3 is 2.81 bits per heavy atom. The van der Waals surface area contributed by atoms with E-state index in [2.05, 4.69) is 5.32 Å². The zero-order chi connectivity index (χ0) is 15.5. The highest BCUT2D eigenvalue weighted by Gasteiger charge is 2.36. The largest absolute Gasteiger partial charge is 0.496 e. The number of methoxy groups -OCH3 is 1. The summed E-state index contributed by atoms with van der Waals surface area (Å²) in [5, 5.41) is 2.79. The van der Waals surface area contributed by atoms with Crippen molar-refractivity contribution < 1.29 is 17.9 Å². The van der Waals surface area contributed by atoms with E-state index in [4.69, 9.17) is 4.74 Å². The van der Waals surface area contributed by atoms with Crippen LogP contribution in [-0.4, -0.2) is 44.6 Å². The molecular weight excluding hydrogens is 292 g/mol. The van der Waals surface area contributed by atoms with Gasteiger partial charge in [0, 0.05) is 18.7 Å². The second kappa shape index (κ2) is 6.44. The van der Waals surface area contributed by atoms with Crippen molar-refractivity contribution in [3.05, 3.63) is 29.8 Å². The van der Waals surface area contributed by atoms with E-state index in [1.165, 1.54) is 4.31 Å². The Morgan fingerprint density at radius 1 is 1.43 bits per heavy atom. The third kappa shape index (κ3) is 3.74. The van der Waals surface area contributed by atoms with Gasteiger partial charge in [-0.15, -0.1) is 0 Å². The van der Waals surface area contributed by atoms with Crippen LogP contribution in [-0.2, 0) is 21.4 Å². The number of ether oxygens (including phenoxy) is 1. The van der Waals surface area contributed by atoms with Crippen molar-refractivity contribution in [2.75, 3.05) is 19.9 Å². The van der Waals surface area contributed by atoms with E-state index in [-0.39, 0.29) is 5.91 Å². The van der Waals surface area contributed by atoms with Crippen molar-refractivity contribution in [3.8, 4) is 5.75 Å². The summed E-state index contributed by atoms with van der Waals surface area (Å²) in [4.78, 5) is 12.2. The first-order valence-electron chi connectivity index (χ1n) is 6.80. The molecule has 0 aliphatic carbocycles. The second-order valence-corrected chi connectivity index (χ2v) is 7.00. The zero-order valence-electron chi connectivity index (χ0n) is 12.2. The van der Waals surface area contributed by atoms with Crippen LogP contribution in [0, 0.1) is 0 Å². The molecule has 0 unspecified atom stereocenters. The molecule has 0 radical (unpaired) electrons. The number of benzene rings is 1. The van der Waals surface area contributed by atoms with Crippen molar-refractivity contribution in [2.45, 2.75) is 25.4 Å². The zero-order valence-corrected chi connectivity index (χ0v) is 13.0. The van der Waals surface area contributed by atoms with Gasteiger partial charge in [0.05, 0.1) is 13.4 Å². The maximum atomic E-state index is 12.2. The number of para-hydroxylation sites is 1. The van der Waals surface area contributed by atoms with E-state index >= 15 is 0 Å². The molecule has 1 aromatic carbocycles. The average Bonchev–Trinajstić information content (AvgIpc) is 2.94. The molecule has 0 aromatic heterocycles. The summed E-state index contributed by atoms with van der Waals surface area (Å²) in [5.74, 6) is 0.438. The van der Waals surface area contributed by atoms with Gasteiger partial charge in [-0.1, -0.05) is 18.2 Å². The number of carbonyl (C=O) groups is 1. The molecule has 1 amide bonds. The lowest BCUT2D eigenvalue weighted by Crippen LogP contribution is -2.45. The first-order chi connectivity index (χ1) is 9.93. The maximum Gasteiger partial charge on any atom is 0.238 e. The maximum absolute atomic E-state index is 12.2. The first-order valence-corrected chi connectivity index (χ1v) is 8.64. The number of hydrogen-bond acceptors (Lipinski definition) is 4. The molecule has 6 nitrogen and oxygen atoms in total. The molecule has 116 valence electrons. The van der Waals surface area contributed by atoms with Crippen LogP contribution in [0.25, 0.3) is 0 Å². The Labute approximate surface area is 125 Å². The highest BCUT2D eigenvalue weighted by atomic mass is 32.2. The molecule has 2 rings (SSSR count). The predicted octanol–water partition coefficient (Wildman–Crippen LogP) is 0.735. The second-order valence-electron chi connectivity index (χ2n) is 5.06. The number of rotatable bonds is 5. The summed E-state index contributed by atoms with van der Waals surface area (Å²) < 4.78 is 29.8. The van der Waals surface area contributed by atoms with Crippen LogP contribution in [0.2, 0.25) is 0 Å². The van der Waals surface area contributed by atoms with Crippen molar-refractivity contribution in [3.63, 3.8) is 0 Å². The van der Waals surface area contributed by atoms with E-state index in [9.17, 15) is 13.2 Å². The minimum absolute atomic E-state index is 0.260. The third-order valence-corrected chi connectivity index (χ3v) is 4.87. The fourth-order valence-corrected chi connectivity index (χ4v) is 3.67. The van der Waals surface area contributed by atoms with Crippen molar-refractivity contribution in [1.82, 2.24) is 9.62 Å². The van der Waals surface area contributed by atoms with Crippen molar-refractivity contribution in [1.29, 1.82) is 0 Å². The Morgan fingerprint density at radius 2 is 2.14 bits per heavy atom. The number of nitrogens with zero attached hydrogens (tertiary/aromatic N) is 1. The van der Waals surface area contributed by atoms with Crippen LogP contribution < -0.4 is 10.1 Å². The van der Waals surface area contributed by atoms with Crippen LogP contribution in [0.15, 0.2) is 24.3 Å². The normalized spacial score (nSPS) is 19.4. The molecule has 0 saturated carbocycles. The van der Waals surface area contributed by atoms with E-state index in [1.807, 2.05) is 24.3 Å². The fraction of sp³-hybridized carbons (Fsp3) is 0.500. The summed E-state index contributed by atoms with van der Waals surface area (Å²) >= 11 is 0. The first kappa shape index (κ1) is 15.8. The molecule has 1 saturated heterocycles. The molecule has 1 heterocycles. The highest BCUT2D eigenvalue weighted by molar-refractivity contribution is 7.88. The van der Waals surface area contributed by atoms with E-state index in [1.54, 1.807) is 7.11 Å². The molecule has 0 spiro atoms. The average molecular weight is 312 g/mol. The number of carbonyl (C=O) groups excluding carboxylic acids is 1. The molecule has 21 heavy (non-hydrogen) atoms. The number of amides is 1. The highest BCUT2D eigenvalue weighted by Crippen LogP contribution is 2.21. The molecule has 1 aromatic rings. The Bertz CT molecular complexity index is 615. The molecule has 1 aliphatic rings. The van der Waals surface area contributed by atoms with E-state index < -0.39 is 16.1 Å². The standard InChI is InChI=1S/C14H20N2O4S/c1-20-13-8-4-3-6-11(13)10-15-14(17)12-7-5-9-16(12)21(2,18)19/h3-4,6,8,12H,5,7,9-10H2,1-2H3,(H,15,17)/t12-/m1/s1. The monoisotopic (exact) mass is 312 g/mol. The van der Waals surface area contributed by atoms with Crippen LogP contribution in [0.5, 0.6) is 5.75 Å². The van der Waals surface area contributed by atoms with E-state index in [0.29, 0.717) is 31.7 Å². The number of nitrogens with one attached hydrogen (secondary N) is 1. The molecule has 7 heteroatoms. The minimum Gasteiger partial charge on any atom is -0.496 e. The molecule has 1 fully saturated rings. The molecule has 1 atom stereocenters. The molecule has 0 bridgehead atoms. The van der Waals surface area contributed by atoms with Gasteiger partial charge in [-0.25, -0.2) is 8.42 Å². The lowest BCUT2D eigenvalue weighted by atomic mass is 10.2.